The van der Waals surface area contributed by atoms with Crippen LogP contribution < -0.4 is 5.32 Å². The number of aromatic nitrogens is 2. The first-order valence-corrected chi connectivity index (χ1v) is 7.81. The zero-order valence-corrected chi connectivity index (χ0v) is 13.0. The minimum Gasteiger partial charge on any atom is -0.338 e. The van der Waals surface area contributed by atoms with Gasteiger partial charge in [-0.15, -0.1) is 11.3 Å². The van der Waals surface area contributed by atoms with Gasteiger partial charge in [-0.25, -0.2) is 9.37 Å². The number of benzene rings is 1. The van der Waals surface area contributed by atoms with Crippen LogP contribution in [0.15, 0.2) is 36.7 Å². The van der Waals surface area contributed by atoms with Gasteiger partial charge in [0.05, 0.1) is 0 Å². The number of rotatable bonds is 5. The lowest BCUT2D eigenvalue weighted by atomic mass is 10.1. The van der Waals surface area contributed by atoms with E-state index in [4.69, 9.17) is 0 Å². The normalized spacial score (nSPS) is 12.9. The summed E-state index contributed by atoms with van der Waals surface area (Å²) >= 11 is 1.66. The summed E-state index contributed by atoms with van der Waals surface area (Å²) in [5.41, 5.74) is 0. The molecule has 2 aromatic heterocycles. The molecule has 1 atom stereocenters. The van der Waals surface area contributed by atoms with Crippen molar-refractivity contribution in [2.75, 3.05) is 7.05 Å². The lowest BCUT2D eigenvalue weighted by molar-refractivity contribution is 0.544. The van der Waals surface area contributed by atoms with Gasteiger partial charge in [0.15, 0.2) is 0 Å². The topological polar surface area (TPSA) is 29.9 Å². The summed E-state index contributed by atoms with van der Waals surface area (Å²) in [6.45, 7) is 0. The summed E-state index contributed by atoms with van der Waals surface area (Å²) in [7, 11) is 3.98. The molecule has 0 aliphatic heterocycles. The Kier molecular flexibility index (Phi) is 4.03. The molecule has 0 amide bonds. The van der Waals surface area contributed by atoms with E-state index in [2.05, 4.69) is 16.4 Å². The molecule has 0 bridgehead atoms. The molecular weight excluding hydrogens is 285 g/mol. The Hall–Kier alpha value is -1.72. The van der Waals surface area contributed by atoms with Crippen molar-refractivity contribution in [3.63, 3.8) is 0 Å². The highest BCUT2D eigenvalue weighted by Crippen LogP contribution is 2.32. The van der Waals surface area contributed by atoms with E-state index in [9.17, 15) is 4.39 Å². The van der Waals surface area contributed by atoms with Crippen LogP contribution >= 0.6 is 11.3 Å². The van der Waals surface area contributed by atoms with Gasteiger partial charge >= 0.3 is 0 Å². The first kappa shape index (κ1) is 14.2. The highest BCUT2D eigenvalue weighted by molar-refractivity contribution is 7.19. The summed E-state index contributed by atoms with van der Waals surface area (Å²) in [6.07, 6.45) is 5.67. The zero-order valence-electron chi connectivity index (χ0n) is 12.1. The Morgan fingerprint density at radius 1 is 1.38 bits per heavy atom. The molecule has 0 fully saturated rings. The van der Waals surface area contributed by atoms with E-state index in [0.717, 1.165) is 28.8 Å². The molecule has 3 rings (SSSR count). The van der Waals surface area contributed by atoms with Crippen molar-refractivity contribution >= 4 is 21.4 Å². The molecule has 110 valence electrons. The van der Waals surface area contributed by atoms with Gasteiger partial charge < -0.3 is 9.88 Å². The number of halogens is 1. The number of hydrogen-bond donors (Lipinski definition) is 1. The molecule has 3 aromatic rings. The third-order valence-electron chi connectivity index (χ3n) is 3.77. The van der Waals surface area contributed by atoms with E-state index in [1.807, 2.05) is 37.1 Å². The molecule has 0 aliphatic carbocycles. The Morgan fingerprint density at radius 3 is 2.95 bits per heavy atom. The number of thiophene rings is 1. The molecule has 0 radical (unpaired) electrons. The van der Waals surface area contributed by atoms with Crippen molar-refractivity contribution in [1.82, 2.24) is 14.9 Å². The number of fused-ring (bicyclic) bond motifs is 1. The van der Waals surface area contributed by atoms with Crippen LogP contribution in [0.25, 0.3) is 10.1 Å². The Balaban J connectivity index is 1.79. The average molecular weight is 303 g/mol. The van der Waals surface area contributed by atoms with Gasteiger partial charge in [-0.3, -0.25) is 0 Å². The van der Waals surface area contributed by atoms with E-state index in [1.165, 1.54) is 10.9 Å². The Bertz CT molecular complexity index is 747. The van der Waals surface area contributed by atoms with Crippen LogP contribution in [0.5, 0.6) is 0 Å². The molecule has 21 heavy (non-hydrogen) atoms. The fourth-order valence-electron chi connectivity index (χ4n) is 2.54. The second kappa shape index (κ2) is 5.95. The van der Waals surface area contributed by atoms with Gasteiger partial charge in [0.2, 0.25) is 0 Å². The maximum atomic E-state index is 13.3. The van der Waals surface area contributed by atoms with Crippen LogP contribution in [0.1, 0.15) is 23.2 Å². The molecule has 2 heterocycles. The third-order valence-corrected chi connectivity index (χ3v) is 4.98. The summed E-state index contributed by atoms with van der Waals surface area (Å²) in [5, 5.41) is 4.46. The van der Waals surface area contributed by atoms with Crippen LogP contribution in [0, 0.1) is 5.82 Å². The molecular formula is C16H18FN3S. The Labute approximate surface area is 127 Å². The molecule has 0 saturated carbocycles. The predicted octanol–water partition coefficient (Wildman–Crippen LogP) is 3.67. The molecule has 1 unspecified atom stereocenters. The van der Waals surface area contributed by atoms with E-state index >= 15 is 0 Å². The largest absolute Gasteiger partial charge is 0.338 e. The fourth-order valence-corrected chi connectivity index (χ4v) is 3.77. The van der Waals surface area contributed by atoms with Crippen LogP contribution in [-0.4, -0.2) is 16.6 Å². The van der Waals surface area contributed by atoms with Crippen LogP contribution in [-0.2, 0) is 13.5 Å². The molecule has 1 aromatic carbocycles. The first-order chi connectivity index (χ1) is 10.2. The summed E-state index contributed by atoms with van der Waals surface area (Å²) in [6, 6.07) is 7.38. The maximum absolute atomic E-state index is 13.3. The van der Waals surface area contributed by atoms with Crippen molar-refractivity contribution in [3.8, 4) is 0 Å². The highest BCUT2D eigenvalue weighted by Gasteiger charge is 2.14. The smallest absolute Gasteiger partial charge is 0.124 e. The van der Waals surface area contributed by atoms with Gasteiger partial charge in [0, 0.05) is 41.5 Å². The second-order valence-electron chi connectivity index (χ2n) is 5.17. The lowest BCUT2D eigenvalue weighted by Crippen LogP contribution is -2.16. The number of aryl methyl sites for hydroxylation is 2. The van der Waals surface area contributed by atoms with Crippen molar-refractivity contribution in [3.05, 3.63) is 53.2 Å². The van der Waals surface area contributed by atoms with Gasteiger partial charge in [0.1, 0.15) is 11.6 Å². The number of imidazole rings is 1. The number of hydrogen-bond acceptors (Lipinski definition) is 3. The van der Waals surface area contributed by atoms with Gasteiger partial charge in [-0.1, -0.05) is 6.07 Å². The molecule has 0 spiro atoms. The number of nitrogens with one attached hydrogen (secondary N) is 1. The minimum absolute atomic E-state index is 0.176. The standard InChI is InChI=1S/C16H18FN3S/c1-18-13(5-6-16-19-7-8-20(16)2)15-9-11-3-4-12(17)10-14(11)21-15/h3-4,7-10,13,18H,5-6H2,1-2H3. The predicted molar refractivity (Wildman–Crippen MR) is 85.1 cm³/mol. The summed E-state index contributed by atoms with van der Waals surface area (Å²) in [5.74, 6) is 0.910. The van der Waals surface area contributed by atoms with E-state index in [1.54, 1.807) is 17.4 Å². The van der Waals surface area contributed by atoms with Crippen molar-refractivity contribution in [2.45, 2.75) is 18.9 Å². The molecule has 0 saturated heterocycles. The van der Waals surface area contributed by atoms with Crippen molar-refractivity contribution in [1.29, 1.82) is 0 Å². The van der Waals surface area contributed by atoms with Crippen molar-refractivity contribution in [2.24, 2.45) is 7.05 Å². The van der Waals surface area contributed by atoms with E-state index < -0.39 is 0 Å². The van der Waals surface area contributed by atoms with Crippen LogP contribution in [0.4, 0.5) is 4.39 Å². The third kappa shape index (κ3) is 2.99. The molecule has 1 N–H and O–H groups in total. The van der Waals surface area contributed by atoms with Crippen LogP contribution in [0.2, 0.25) is 0 Å². The number of nitrogens with zero attached hydrogens (tertiary/aromatic N) is 2. The molecule has 0 aliphatic rings. The minimum atomic E-state index is -0.176. The first-order valence-electron chi connectivity index (χ1n) is 7.00. The monoisotopic (exact) mass is 303 g/mol. The maximum Gasteiger partial charge on any atom is 0.124 e. The highest BCUT2D eigenvalue weighted by atomic mass is 32.1. The fraction of sp³-hybridized carbons (Fsp3) is 0.312. The van der Waals surface area contributed by atoms with Gasteiger partial charge in [-0.05, 0) is 37.1 Å². The van der Waals surface area contributed by atoms with Crippen molar-refractivity contribution < 1.29 is 4.39 Å². The summed E-state index contributed by atoms with van der Waals surface area (Å²) in [4.78, 5) is 5.60. The van der Waals surface area contributed by atoms with E-state index in [-0.39, 0.29) is 11.9 Å². The lowest BCUT2D eigenvalue weighted by Gasteiger charge is -2.14. The molecule has 3 nitrogen and oxygen atoms in total. The Morgan fingerprint density at radius 2 is 2.24 bits per heavy atom. The van der Waals surface area contributed by atoms with Gasteiger partial charge in [0.25, 0.3) is 0 Å². The average Bonchev–Trinajstić information content (AvgIpc) is 3.05. The molecule has 5 heteroatoms. The SMILES string of the molecule is CNC(CCc1nccn1C)c1cc2ccc(F)cc2s1. The second-order valence-corrected chi connectivity index (χ2v) is 6.28. The van der Waals surface area contributed by atoms with Crippen LogP contribution in [0.3, 0.4) is 0 Å². The summed E-state index contributed by atoms with van der Waals surface area (Å²) < 4.78 is 16.3. The van der Waals surface area contributed by atoms with Gasteiger partial charge in [-0.2, -0.15) is 0 Å². The van der Waals surface area contributed by atoms with E-state index in [0.29, 0.717) is 0 Å². The zero-order chi connectivity index (χ0) is 14.8. The quantitative estimate of drug-likeness (QED) is 0.779.